The van der Waals surface area contributed by atoms with Gasteiger partial charge in [0.05, 0.1) is 29.5 Å². The van der Waals surface area contributed by atoms with Gasteiger partial charge in [-0.3, -0.25) is 14.4 Å². The lowest BCUT2D eigenvalue weighted by Gasteiger charge is -2.64. The van der Waals surface area contributed by atoms with Gasteiger partial charge in [0.15, 0.2) is 11.5 Å². The first-order valence-electron chi connectivity index (χ1n) is 12.4. The van der Waals surface area contributed by atoms with Crippen LogP contribution in [0.3, 0.4) is 0 Å². The van der Waals surface area contributed by atoms with E-state index < -0.39 is 51.0 Å². The molecule has 1 aromatic heterocycles. The van der Waals surface area contributed by atoms with Gasteiger partial charge in [0.1, 0.15) is 11.7 Å². The molecular weight excluding hydrogens is 448 g/mol. The van der Waals surface area contributed by atoms with Gasteiger partial charge in [-0.05, 0) is 62.8 Å². The number of ether oxygens (including phenoxy) is 2. The molecule has 1 N–H and O–H groups in total. The van der Waals surface area contributed by atoms with Crippen molar-refractivity contribution in [1.82, 2.24) is 0 Å². The molecule has 0 unspecified atom stereocenters. The average Bonchev–Trinajstić information content (AvgIpc) is 3.13. The summed E-state index contributed by atoms with van der Waals surface area (Å²) in [5.41, 5.74) is -3.06. The maximum Gasteiger partial charge on any atom is 0.302 e. The molecule has 4 aliphatic carbocycles. The summed E-state index contributed by atoms with van der Waals surface area (Å²) in [7, 11) is 0. The normalized spacial score (nSPS) is 47.0. The van der Waals surface area contributed by atoms with E-state index in [1.807, 2.05) is 19.9 Å². The van der Waals surface area contributed by atoms with Crippen LogP contribution in [-0.4, -0.2) is 40.5 Å². The number of hydrogen-bond donors (Lipinski definition) is 1. The molecule has 0 radical (unpaired) electrons. The highest BCUT2D eigenvalue weighted by Gasteiger charge is 2.88. The third kappa shape index (κ3) is 2.30. The molecule has 7 heteroatoms. The summed E-state index contributed by atoms with van der Waals surface area (Å²) in [5, 5.41) is 11.5. The molecule has 1 spiro atoms. The second kappa shape index (κ2) is 6.36. The SMILES string of the molecule is CC(=O)O[C@@H]1C[C@@]2(C)[C@H](c3ccoc3)C[C@@H]3O[C@]32[C@]2(C)C(=O)C(O)=C3C(C)(C)C(=O)C=C[C@]3(C)[C@@H]12. The summed E-state index contributed by atoms with van der Waals surface area (Å²) in [5.74, 6) is -1.84. The quantitative estimate of drug-likeness (QED) is 0.493. The van der Waals surface area contributed by atoms with Crippen molar-refractivity contribution in [1.29, 1.82) is 0 Å². The van der Waals surface area contributed by atoms with Gasteiger partial charge in [-0.15, -0.1) is 0 Å². The Morgan fingerprint density at radius 2 is 1.89 bits per heavy atom. The molecule has 186 valence electrons. The zero-order chi connectivity index (χ0) is 25.3. The number of epoxide rings is 1. The van der Waals surface area contributed by atoms with Gasteiger partial charge in [-0.2, -0.15) is 0 Å². The number of aliphatic hydroxyl groups is 1. The predicted molar refractivity (Wildman–Crippen MR) is 124 cm³/mol. The Balaban J connectivity index is 1.62. The molecule has 5 aliphatic rings. The standard InChI is InChI=1S/C28H32O7/c1-14(29)34-17-12-26(5)16(15-8-10-33-13-15)11-19-28(26,35-19)27(6)21(17)25(4)9-7-18(30)24(2,3)22(25)20(31)23(27)32/h7-10,13,16-17,19,21,31H,11-12H2,1-6H3/t16-,17+,19-,21+,25+,26-,27-,28+/m0/s1. The number of ketones is 2. The molecule has 7 nitrogen and oxygen atoms in total. The second-order valence-corrected chi connectivity index (χ2v) is 12.3. The van der Waals surface area contributed by atoms with Gasteiger partial charge >= 0.3 is 5.97 Å². The number of hydrogen-bond acceptors (Lipinski definition) is 7. The van der Waals surface area contributed by atoms with E-state index in [0.717, 1.165) is 5.56 Å². The first kappa shape index (κ1) is 22.8. The smallest absolute Gasteiger partial charge is 0.302 e. The monoisotopic (exact) mass is 480 g/mol. The van der Waals surface area contributed by atoms with Crippen molar-refractivity contribution < 1.29 is 33.4 Å². The van der Waals surface area contributed by atoms with Crippen LogP contribution in [-0.2, 0) is 23.9 Å². The van der Waals surface area contributed by atoms with Crippen LogP contribution >= 0.6 is 0 Å². The maximum atomic E-state index is 14.3. The summed E-state index contributed by atoms with van der Waals surface area (Å²) in [6, 6.07) is 1.95. The minimum Gasteiger partial charge on any atom is -0.504 e. The van der Waals surface area contributed by atoms with E-state index in [0.29, 0.717) is 18.4 Å². The van der Waals surface area contributed by atoms with Gasteiger partial charge in [-0.1, -0.05) is 19.9 Å². The number of fused-ring (bicyclic) bond motifs is 3. The minimum atomic E-state index is -1.17. The molecule has 6 rings (SSSR count). The first-order valence-corrected chi connectivity index (χ1v) is 12.4. The molecular formula is C28H32O7. The third-order valence-corrected chi connectivity index (χ3v) is 10.4. The van der Waals surface area contributed by atoms with E-state index in [4.69, 9.17) is 13.9 Å². The molecule has 3 fully saturated rings. The van der Waals surface area contributed by atoms with Crippen LogP contribution in [0, 0.1) is 27.6 Å². The Morgan fingerprint density at radius 1 is 1.17 bits per heavy atom. The largest absolute Gasteiger partial charge is 0.504 e. The molecule has 8 atom stereocenters. The number of esters is 1. The summed E-state index contributed by atoms with van der Waals surface area (Å²) >= 11 is 0. The number of aliphatic hydroxyl groups excluding tert-OH is 1. The van der Waals surface area contributed by atoms with E-state index in [1.165, 1.54) is 6.92 Å². The van der Waals surface area contributed by atoms with Crippen molar-refractivity contribution in [2.75, 3.05) is 0 Å². The fourth-order valence-corrected chi connectivity index (χ4v) is 9.22. The lowest BCUT2D eigenvalue weighted by Crippen LogP contribution is -2.70. The molecule has 1 aromatic rings. The van der Waals surface area contributed by atoms with Crippen LogP contribution in [0.2, 0.25) is 0 Å². The number of furan rings is 1. The molecule has 2 heterocycles. The predicted octanol–water partition coefficient (Wildman–Crippen LogP) is 4.43. The zero-order valence-corrected chi connectivity index (χ0v) is 21.0. The zero-order valence-electron chi connectivity index (χ0n) is 21.0. The van der Waals surface area contributed by atoms with Crippen LogP contribution < -0.4 is 0 Å². The van der Waals surface area contributed by atoms with Crippen molar-refractivity contribution in [3.63, 3.8) is 0 Å². The van der Waals surface area contributed by atoms with Crippen molar-refractivity contribution in [3.8, 4) is 0 Å². The topological polar surface area (TPSA) is 106 Å². The number of carbonyl (C=O) groups excluding carboxylic acids is 3. The Morgan fingerprint density at radius 3 is 2.51 bits per heavy atom. The Labute approximate surface area is 204 Å². The van der Waals surface area contributed by atoms with Gasteiger partial charge in [0.2, 0.25) is 5.78 Å². The fraction of sp³-hybridized carbons (Fsp3) is 0.607. The third-order valence-electron chi connectivity index (χ3n) is 10.4. The molecule has 35 heavy (non-hydrogen) atoms. The molecule has 0 bridgehead atoms. The highest BCUT2D eigenvalue weighted by atomic mass is 16.6. The first-order chi connectivity index (χ1) is 16.3. The van der Waals surface area contributed by atoms with Gasteiger partial charge in [0, 0.05) is 23.7 Å². The lowest BCUT2D eigenvalue weighted by atomic mass is 9.38. The fourth-order valence-electron chi connectivity index (χ4n) is 9.22. The van der Waals surface area contributed by atoms with E-state index >= 15 is 0 Å². The Kier molecular flexibility index (Phi) is 4.14. The summed E-state index contributed by atoms with van der Waals surface area (Å²) < 4.78 is 17.9. The molecule has 0 aromatic carbocycles. The molecule has 0 amide bonds. The van der Waals surface area contributed by atoms with Crippen molar-refractivity contribution in [2.45, 2.75) is 78.1 Å². The minimum absolute atomic E-state index is 0.0453. The van der Waals surface area contributed by atoms with E-state index in [1.54, 1.807) is 38.5 Å². The lowest BCUT2D eigenvalue weighted by molar-refractivity contribution is -0.200. The number of rotatable bonds is 2. The molecule has 1 aliphatic heterocycles. The maximum absolute atomic E-state index is 14.3. The summed E-state index contributed by atoms with van der Waals surface area (Å²) in [6.07, 6.45) is 7.17. The van der Waals surface area contributed by atoms with Crippen LogP contribution in [0.15, 0.2) is 46.5 Å². The van der Waals surface area contributed by atoms with Crippen LogP contribution in [0.25, 0.3) is 0 Å². The van der Waals surface area contributed by atoms with Crippen LogP contribution in [0.1, 0.15) is 65.9 Å². The van der Waals surface area contributed by atoms with E-state index in [9.17, 15) is 19.5 Å². The average molecular weight is 481 g/mol. The molecule has 1 saturated heterocycles. The number of carbonyl (C=O) groups is 3. The number of allylic oxidation sites excluding steroid dienone is 4. The second-order valence-electron chi connectivity index (χ2n) is 12.3. The highest BCUT2D eigenvalue weighted by molar-refractivity contribution is 6.06. The highest BCUT2D eigenvalue weighted by Crippen LogP contribution is 2.81. The van der Waals surface area contributed by atoms with Crippen LogP contribution in [0.4, 0.5) is 0 Å². The van der Waals surface area contributed by atoms with E-state index in [2.05, 4.69) is 6.92 Å². The Hall–Kier alpha value is -2.67. The molecule has 2 saturated carbocycles. The van der Waals surface area contributed by atoms with Crippen molar-refractivity contribution >= 4 is 17.5 Å². The summed E-state index contributed by atoms with van der Waals surface area (Å²) in [4.78, 5) is 39.6. The van der Waals surface area contributed by atoms with E-state index in [-0.39, 0.29) is 23.6 Å². The van der Waals surface area contributed by atoms with Crippen LogP contribution in [0.5, 0.6) is 0 Å². The van der Waals surface area contributed by atoms with Gasteiger partial charge < -0.3 is 19.0 Å². The van der Waals surface area contributed by atoms with Gasteiger partial charge in [0.25, 0.3) is 0 Å². The number of Topliss-reactive ketones (excluding diaryl/α,β-unsaturated/α-hetero) is 1. The summed E-state index contributed by atoms with van der Waals surface area (Å²) in [6.45, 7) is 10.8. The van der Waals surface area contributed by atoms with Gasteiger partial charge in [-0.25, -0.2) is 0 Å². The van der Waals surface area contributed by atoms with Crippen molar-refractivity contribution in [2.24, 2.45) is 27.6 Å². The Bertz CT molecular complexity index is 1240. The van der Waals surface area contributed by atoms with Crippen molar-refractivity contribution in [3.05, 3.63) is 47.6 Å².